The van der Waals surface area contributed by atoms with Crippen molar-refractivity contribution in [3.63, 3.8) is 0 Å². The number of likely N-dealkylation sites (N-methyl/N-ethyl adjacent to an activating group) is 1. The largest absolute Gasteiger partial charge is 0.371 e. The molecule has 2 aromatic rings. The molecule has 2 aliphatic heterocycles. The summed E-state index contributed by atoms with van der Waals surface area (Å²) in [6, 6.07) is 8.67. The van der Waals surface area contributed by atoms with Crippen molar-refractivity contribution >= 4 is 23.6 Å². The molecule has 1 aliphatic carbocycles. The molecule has 214 valence electrons. The molecule has 0 radical (unpaired) electrons. The topological polar surface area (TPSA) is 137 Å². The Morgan fingerprint density at radius 3 is 2.38 bits per heavy atom. The second kappa shape index (κ2) is 10.7. The van der Waals surface area contributed by atoms with E-state index >= 15 is 0 Å². The summed E-state index contributed by atoms with van der Waals surface area (Å²) in [6.07, 6.45) is 3.24. The Labute approximate surface area is 234 Å². The summed E-state index contributed by atoms with van der Waals surface area (Å²) < 4.78 is 5.98. The number of amides is 4. The fourth-order valence-electron chi connectivity index (χ4n) is 6.04. The number of benzene rings is 1. The average Bonchev–Trinajstić information content (AvgIpc) is 3.30. The highest BCUT2D eigenvalue weighted by Gasteiger charge is 2.62. The monoisotopic (exact) mass is 550 g/mol. The molecule has 1 spiro atoms. The molecule has 3 N–H and O–H groups in total. The first-order valence-corrected chi connectivity index (χ1v) is 13.8. The SMILES string of the molecule is CNC(=O)[C@@H](NC(=O)[C@@H]1CN(C(=O)c2cn[nH]c2)CC12CN(C(=O)C1CC1(C)C)C2)[C@@H](C)OCc1ccccc1. The highest BCUT2D eigenvalue weighted by Crippen LogP contribution is 2.54. The van der Waals surface area contributed by atoms with Crippen LogP contribution in [0.5, 0.6) is 0 Å². The normalized spacial score (nSPS) is 23.7. The van der Waals surface area contributed by atoms with Crippen molar-refractivity contribution < 1.29 is 23.9 Å². The standard InChI is InChI=1S/C29H38N6O5/c1-18(40-14-19-8-6-5-7-9-19)23(25(37)30-4)33-24(36)22-13-34(26(38)20-11-31-32-12-20)15-29(22)16-35(17-29)27(39)21-10-28(21,2)3/h5-9,11-12,18,21-23H,10,13-17H2,1-4H3,(H,30,37)(H,31,32)(H,33,36)/t18-,21?,22+,23+/m1/s1. The Bertz CT molecular complexity index is 1260. The fraction of sp³-hybridized carbons (Fsp3) is 0.552. The van der Waals surface area contributed by atoms with Gasteiger partial charge in [-0.05, 0) is 24.3 Å². The molecule has 2 saturated heterocycles. The van der Waals surface area contributed by atoms with Crippen LogP contribution < -0.4 is 10.6 Å². The number of ether oxygens (including phenoxy) is 1. The number of carbonyl (C=O) groups is 4. The molecule has 3 heterocycles. The summed E-state index contributed by atoms with van der Waals surface area (Å²) in [6.45, 7) is 7.55. The van der Waals surface area contributed by atoms with Gasteiger partial charge >= 0.3 is 0 Å². The fourth-order valence-corrected chi connectivity index (χ4v) is 6.04. The maximum absolute atomic E-state index is 13.8. The van der Waals surface area contributed by atoms with Crippen molar-refractivity contribution in [2.45, 2.75) is 45.9 Å². The quantitative estimate of drug-likeness (QED) is 0.429. The summed E-state index contributed by atoms with van der Waals surface area (Å²) in [5.74, 6) is -1.39. The van der Waals surface area contributed by atoms with E-state index < -0.39 is 23.5 Å². The highest BCUT2D eigenvalue weighted by atomic mass is 16.5. The third-order valence-electron chi connectivity index (χ3n) is 8.78. The van der Waals surface area contributed by atoms with Crippen molar-refractivity contribution in [1.29, 1.82) is 0 Å². The van der Waals surface area contributed by atoms with Crippen LogP contribution in [0.15, 0.2) is 42.7 Å². The zero-order chi connectivity index (χ0) is 28.7. The van der Waals surface area contributed by atoms with E-state index in [2.05, 4.69) is 34.7 Å². The lowest BCUT2D eigenvalue weighted by atomic mass is 9.70. The molecule has 11 heteroatoms. The molecule has 1 saturated carbocycles. The van der Waals surface area contributed by atoms with Gasteiger partial charge in [-0.15, -0.1) is 0 Å². The summed E-state index contributed by atoms with van der Waals surface area (Å²) in [7, 11) is 1.52. The lowest BCUT2D eigenvalue weighted by Crippen LogP contribution is -2.65. The van der Waals surface area contributed by atoms with Crippen LogP contribution in [0, 0.1) is 22.7 Å². The zero-order valence-corrected chi connectivity index (χ0v) is 23.5. The molecule has 1 aromatic carbocycles. The Morgan fingerprint density at radius 1 is 1.10 bits per heavy atom. The van der Waals surface area contributed by atoms with Gasteiger partial charge in [-0.25, -0.2) is 0 Å². The van der Waals surface area contributed by atoms with Gasteiger partial charge in [-0.1, -0.05) is 44.2 Å². The number of nitrogens with zero attached hydrogens (tertiary/aromatic N) is 3. The van der Waals surface area contributed by atoms with Gasteiger partial charge in [0.2, 0.25) is 17.7 Å². The van der Waals surface area contributed by atoms with Gasteiger partial charge in [0.25, 0.3) is 5.91 Å². The predicted molar refractivity (Wildman–Crippen MR) is 146 cm³/mol. The average molecular weight is 551 g/mol. The number of nitrogens with one attached hydrogen (secondary N) is 3. The van der Waals surface area contributed by atoms with Crippen molar-refractivity contribution in [2.24, 2.45) is 22.7 Å². The molecule has 4 atom stereocenters. The molecule has 40 heavy (non-hydrogen) atoms. The first kappa shape index (κ1) is 27.8. The minimum atomic E-state index is -0.929. The number of carbonyl (C=O) groups excluding carboxylic acids is 4. The van der Waals surface area contributed by atoms with Gasteiger partial charge in [0, 0.05) is 50.8 Å². The molecule has 3 aliphatic rings. The van der Waals surface area contributed by atoms with E-state index in [1.54, 1.807) is 11.8 Å². The Hall–Kier alpha value is -3.73. The molecule has 5 rings (SSSR count). The summed E-state index contributed by atoms with van der Waals surface area (Å²) in [4.78, 5) is 56.4. The van der Waals surface area contributed by atoms with E-state index in [0.717, 1.165) is 12.0 Å². The van der Waals surface area contributed by atoms with Crippen LogP contribution in [0.4, 0.5) is 0 Å². The lowest BCUT2D eigenvalue weighted by Gasteiger charge is -2.50. The van der Waals surface area contributed by atoms with Crippen LogP contribution in [-0.4, -0.2) is 89.0 Å². The van der Waals surface area contributed by atoms with Gasteiger partial charge in [0.05, 0.1) is 30.4 Å². The maximum atomic E-state index is 13.8. The van der Waals surface area contributed by atoms with Gasteiger partial charge in [-0.2, -0.15) is 5.10 Å². The number of H-pyrrole nitrogens is 1. The minimum absolute atomic E-state index is 0.00226. The highest BCUT2D eigenvalue weighted by molar-refractivity contribution is 5.95. The molecular weight excluding hydrogens is 512 g/mol. The first-order valence-electron chi connectivity index (χ1n) is 13.8. The minimum Gasteiger partial charge on any atom is -0.371 e. The van der Waals surface area contributed by atoms with E-state index in [1.165, 1.54) is 19.4 Å². The maximum Gasteiger partial charge on any atom is 0.257 e. The first-order chi connectivity index (χ1) is 19.0. The van der Waals surface area contributed by atoms with Crippen LogP contribution in [0.2, 0.25) is 0 Å². The lowest BCUT2D eigenvalue weighted by molar-refractivity contribution is -0.152. The molecule has 0 bridgehead atoms. The van der Waals surface area contributed by atoms with Crippen LogP contribution in [0.25, 0.3) is 0 Å². The van der Waals surface area contributed by atoms with Crippen molar-refractivity contribution in [3.8, 4) is 0 Å². The van der Waals surface area contributed by atoms with E-state index in [0.29, 0.717) is 31.8 Å². The molecule has 1 aromatic heterocycles. The second-order valence-electron chi connectivity index (χ2n) is 12.1. The number of aromatic amines is 1. The van der Waals surface area contributed by atoms with Crippen LogP contribution in [0.3, 0.4) is 0 Å². The van der Waals surface area contributed by atoms with E-state index in [1.807, 2.05) is 35.2 Å². The Morgan fingerprint density at radius 2 is 1.77 bits per heavy atom. The van der Waals surface area contributed by atoms with Crippen LogP contribution in [-0.2, 0) is 25.7 Å². The number of hydrogen-bond acceptors (Lipinski definition) is 6. The third-order valence-corrected chi connectivity index (χ3v) is 8.78. The van der Waals surface area contributed by atoms with Gasteiger partial charge in [-0.3, -0.25) is 24.3 Å². The second-order valence-corrected chi connectivity index (χ2v) is 12.1. The number of aromatic nitrogens is 2. The molecule has 1 unspecified atom stereocenters. The summed E-state index contributed by atoms with van der Waals surface area (Å²) in [5.41, 5.74) is 0.790. The van der Waals surface area contributed by atoms with Crippen molar-refractivity contribution in [3.05, 3.63) is 53.9 Å². The molecule has 11 nitrogen and oxygen atoms in total. The van der Waals surface area contributed by atoms with Gasteiger partial charge in [0.1, 0.15) is 6.04 Å². The summed E-state index contributed by atoms with van der Waals surface area (Å²) in [5, 5.41) is 12.1. The van der Waals surface area contributed by atoms with E-state index in [9.17, 15) is 19.2 Å². The van der Waals surface area contributed by atoms with E-state index in [-0.39, 0.29) is 41.5 Å². The predicted octanol–water partition coefficient (Wildman–Crippen LogP) is 1.19. The van der Waals surface area contributed by atoms with Gasteiger partial charge < -0.3 is 25.2 Å². The third kappa shape index (κ3) is 5.34. The zero-order valence-electron chi connectivity index (χ0n) is 23.5. The molecule has 3 fully saturated rings. The van der Waals surface area contributed by atoms with Crippen LogP contribution >= 0.6 is 0 Å². The Kier molecular flexibility index (Phi) is 7.43. The van der Waals surface area contributed by atoms with Gasteiger partial charge in [0.15, 0.2) is 0 Å². The summed E-state index contributed by atoms with van der Waals surface area (Å²) >= 11 is 0. The molecular formula is C29H38N6O5. The smallest absolute Gasteiger partial charge is 0.257 e. The number of likely N-dealkylation sites (tertiary alicyclic amines) is 2. The van der Waals surface area contributed by atoms with Crippen molar-refractivity contribution in [2.75, 3.05) is 33.2 Å². The molecule has 4 amide bonds. The van der Waals surface area contributed by atoms with Crippen molar-refractivity contribution in [1.82, 2.24) is 30.6 Å². The van der Waals surface area contributed by atoms with Crippen LogP contribution in [0.1, 0.15) is 43.1 Å². The number of hydrogen-bond donors (Lipinski definition) is 3. The number of rotatable bonds is 9. The Balaban J connectivity index is 1.31. The van der Waals surface area contributed by atoms with E-state index in [4.69, 9.17) is 4.74 Å².